The summed E-state index contributed by atoms with van der Waals surface area (Å²) in [6.07, 6.45) is 1.62. The summed E-state index contributed by atoms with van der Waals surface area (Å²) in [4.78, 5) is 13.1. The summed E-state index contributed by atoms with van der Waals surface area (Å²) in [5.41, 5.74) is 0.264. The van der Waals surface area contributed by atoms with Crippen LogP contribution in [0, 0.1) is 18.6 Å². The second kappa shape index (κ2) is 4.47. The van der Waals surface area contributed by atoms with E-state index >= 15 is 0 Å². The summed E-state index contributed by atoms with van der Waals surface area (Å²) in [6, 6.07) is 2.00. The van der Waals surface area contributed by atoms with E-state index in [1.54, 1.807) is 6.20 Å². The van der Waals surface area contributed by atoms with Gasteiger partial charge in [-0.1, -0.05) is 11.6 Å². The smallest absolute Gasteiger partial charge is 0.173 e. The first kappa shape index (κ1) is 12.4. The fourth-order valence-corrected chi connectivity index (χ4v) is 2.60. The predicted molar refractivity (Wildman–Crippen MR) is 70.3 cm³/mol. The minimum Gasteiger partial charge on any atom is -0.249 e. The van der Waals surface area contributed by atoms with Crippen molar-refractivity contribution in [3.8, 4) is 10.7 Å². The third-order valence-electron chi connectivity index (χ3n) is 2.53. The first-order chi connectivity index (χ1) is 9.04. The molecule has 0 atom stereocenters. The molecule has 0 saturated carbocycles. The lowest BCUT2D eigenvalue weighted by Gasteiger charge is -2.03. The van der Waals surface area contributed by atoms with Gasteiger partial charge in [0.05, 0.1) is 15.4 Å². The normalized spacial score (nSPS) is 11.2. The molecule has 0 amide bonds. The summed E-state index contributed by atoms with van der Waals surface area (Å²) < 4.78 is 26.4. The molecule has 19 heavy (non-hydrogen) atoms. The molecule has 0 spiro atoms. The Labute approximate surface area is 115 Å². The highest BCUT2D eigenvalue weighted by Crippen LogP contribution is 2.28. The van der Waals surface area contributed by atoms with Gasteiger partial charge in [0.1, 0.15) is 5.15 Å². The third-order valence-corrected chi connectivity index (χ3v) is 3.73. The fraction of sp³-hybridized carbons (Fsp3) is 0.0833. The van der Waals surface area contributed by atoms with Crippen molar-refractivity contribution < 1.29 is 8.78 Å². The molecule has 0 radical (unpaired) electrons. The van der Waals surface area contributed by atoms with Gasteiger partial charge in [-0.15, -0.1) is 11.3 Å². The van der Waals surface area contributed by atoms with Gasteiger partial charge >= 0.3 is 0 Å². The second-order valence-electron chi connectivity index (χ2n) is 3.87. The van der Waals surface area contributed by atoms with E-state index in [2.05, 4.69) is 15.0 Å². The van der Waals surface area contributed by atoms with E-state index in [1.807, 2.05) is 6.92 Å². The summed E-state index contributed by atoms with van der Waals surface area (Å²) >= 11 is 7.39. The third kappa shape index (κ3) is 2.17. The molecular formula is C12H6ClF2N3S. The van der Waals surface area contributed by atoms with Crippen LogP contribution in [0.2, 0.25) is 5.15 Å². The molecule has 0 aliphatic heterocycles. The number of nitrogens with zero attached hydrogens (tertiary/aromatic N) is 3. The zero-order valence-corrected chi connectivity index (χ0v) is 11.2. The molecule has 0 unspecified atom stereocenters. The molecule has 0 aliphatic carbocycles. The summed E-state index contributed by atoms with van der Waals surface area (Å²) in [5.74, 6) is -1.58. The first-order valence-corrected chi connectivity index (χ1v) is 6.49. The van der Waals surface area contributed by atoms with Gasteiger partial charge in [0.25, 0.3) is 0 Å². The molecule has 3 rings (SSSR count). The maximum absolute atomic E-state index is 13.2. The van der Waals surface area contributed by atoms with Crippen LogP contribution in [0.1, 0.15) is 5.01 Å². The van der Waals surface area contributed by atoms with Crippen molar-refractivity contribution in [3.05, 3.63) is 40.1 Å². The highest BCUT2D eigenvalue weighted by Gasteiger charge is 2.13. The van der Waals surface area contributed by atoms with Crippen molar-refractivity contribution in [1.29, 1.82) is 0 Å². The van der Waals surface area contributed by atoms with E-state index in [0.29, 0.717) is 5.82 Å². The number of hydrogen-bond donors (Lipinski definition) is 0. The van der Waals surface area contributed by atoms with E-state index in [1.165, 1.54) is 11.3 Å². The van der Waals surface area contributed by atoms with Gasteiger partial charge in [-0.2, -0.15) is 0 Å². The molecule has 7 heteroatoms. The minimum absolute atomic E-state index is 0.0879. The van der Waals surface area contributed by atoms with Gasteiger partial charge in [-0.25, -0.2) is 23.7 Å². The molecular weight excluding hydrogens is 292 g/mol. The maximum atomic E-state index is 13.2. The zero-order chi connectivity index (χ0) is 13.6. The van der Waals surface area contributed by atoms with Crippen molar-refractivity contribution >= 4 is 33.8 Å². The summed E-state index contributed by atoms with van der Waals surface area (Å²) in [7, 11) is 0. The van der Waals surface area contributed by atoms with Crippen molar-refractivity contribution in [2.75, 3.05) is 0 Å². The number of aryl methyl sites for hydroxylation is 1. The average molecular weight is 298 g/mol. The number of hydrogen-bond acceptors (Lipinski definition) is 4. The molecule has 3 nitrogen and oxygen atoms in total. The zero-order valence-electron chi connectivity index (χ0n) is 9.62. The SMILES string of the molecule is Cc1ncc(-c2nc(Cl)c3cc(F)c(F)cc3n2)s1. The molecule has 2 aromatic heterocycles. The number of aromatic nitrogens is 3. The molecule has 0 bridgehead atoms. The Kier molecular flexibility index (Phi) is 2.91. The van der Waals surface area contributed by atoms with E-state index < -0.39 is 11.6 Å². The Morgan fingerprint density at radius 2 is 1.89 bits per heavy atom. The number of fused-ring (bicyclic) bond motifs is 1. The number of benzene rings is 1. The lowest BCUT2D eigenvalue weighted by molar-refractivity contribution is 0.510. The monoisotopic (exact) mass is 297 g/mol. The molecule has 0 N–H and O–H groups in total. The fourth-order valence-electron chi connectivity index (χ4n) is 1.66. The first-order valence-electron chi connectivity index (χ1n) is 5.29. The Balaban J connectivity index is 2.27. The van der Waals surface area contributed by atoms with Crippen LogP contribution in [0.25, 0.3) is 21.6 Å². The molecule has 96 valence electrons. The molecule has 3 aromatic rings. The molecule has 0 aliphatic rings. The van der Waals surface area contributed by atoms with Crippen LogP contribution in [0.4, 0.5) is 8.78 Å². The number of rotatable bonds is 1. The standard InChI is InChI=1S/C12H6ClF2N3S/c1-5-16-4-10(19-5)12-17-9-3-8(15)7(14)2-6(9)11(13)18-12/h2-4H,1H3. The van der Waals surface area contributed by atoms with E-state index in [0.717, 1.165) is 22.0 Å². The predicted octanol–water partition coefficient (Wildman–Crippen LogP) is 3.99. The summed E-state index contributed by atoms with van der Waals surface area (Å²) in [6.45, 7) is 1.85. The highest BCUT2D eigenvalue weighted by atomic mass is 35.5. The average Bonchev–Trinajstić information content (AvgIpc) is 2.78. The lowest BCUT2D eigenvalue weighted by Crippen LogP contribution is -1.93. The molecule has 2 heterocycles. The molecule has 0 saturated heterocycles. The van der Waals surface area contributed by atoms with Gasteiger partial charge in [0.15, 0.2) is 17.5 Å². The highest BCUT2D eigenvalue weighted by molar-refractivity contribution is 7.14. The lowest BCUT2D eigenvalue weighted by atomic mass is 10.2. The Morgan fingerprint density at radius 1 is 1.16 bits per heavy atom. The largest absolute Gasteiger partial charge is 0.249 e. The Bertz CT molecular complexity index is 788. The number of thiazole rings is 1. The van der Waals surface area contributed by atoms with E-state index in [9.17, 15) is 8.78 Å². The number of halogens is 3. The summed E-state index contributed by atoms with van der Waals surface area (Å²) in [5, 5.41) is 1.23. The van der Waals surface area contributed by atoms with Gasteiger partial charge in [0, 0.05) is 17.6 Å². The van der Waals surface area contributed by atoms with Gasteiger partial charge in [-0.05, 0) is 13.0 Å². The van der Waals surface area contributed by atoms with Crippen molar-refractivity contribution in [1.82, 2.24) is 15.0 Å². The quantitative estimate of drug-likeness (QED) is 0.637. The van der Waals surface area contributed by atoms with Crippen LogP contribution in [-0.2, 0) is 0 Å². The van der Waals surface area contributed by atoms with Crippen molar-refractivity contribution in [3.63, 3.8) is 0 Å². The maximum Gasteiger partial charge on any atom is 0.173 e. The molecule has 0 fully saturated rings. The van der Waals surface area contributed by atoms with Crippen LogP contribution in [0.5, 0.6) is 0 Å². The van der Waals surface area contributed by atoms with Gasteiger partial charge < -0.3 is 0 Å². The van der Waals surface area contributed by atoms with Crippen LogP contribution in [-0.4, -0.2) is 15.0 Å². The van der Waals surface area contributed by atoms with Gasteiger partial charge in [-0.3, -0.25) is 0 Å². The van der Waals surface area contributed by atoms with Crippen molar-refractivity contribution in [2.45, 2.75) is 6.92 Å². The topological polar surface area (TPSA) is 38.7 Å². The molecule has 1 aromatic carbocycles. The van der Waals surface area contributed by atoms with Crippen LogP contribution in [0.15, 0.2) is 18.3 Å². The Morgan fingerprint density at radius 3 is 2.58 bits per heavy atom. The van der Waals surface area contributed by atoms with Crippen LogP contribution < -0.4 is 0 Å². The van der Waals surface area contributed by atoms with Gasteiger partial charge in [0.2, 0.25) is 0 Å². The second-order valence-corrected chi connectivity index (χ2v) is 5.46. The van der Waals surface area contributed by atoms with Crippen LogP contribution in [0.3, 0.4) is 0 Å². The minimum atomic E-state index is -0.973. The van der Waals surface area contributed by atoms with E-state index in [4.69, 9.17) is 11.6 Å². The van der Waals surface area contributed by atoms with Crippen LogP contribution >= 0.6 is 22.9 Å². The van der Waals surface area contributed by atoms with Crippen molar-refractivity contribution in [2.24, 2.45) is 0 Å². The van der Waals surface area contributed by atoms with E-state index in [-0.39, 0.29) is 16.1 Å². The Hall–Kier alpha value is -1.66.